The molecule has 0 aliphatic carbocycles. The van der Waals surface area contributed by atoms with Crippen molar-refractivity contribution in [1.82, 2.24) is 15.7 Å². The van der Waals surface area contributed by atoms with Gasteiger partial charge >= 0.3 is 0 Å². The smallest absolute Gasteiger partial charge is 0.286 e. The van der Waals surface area contributed by atoms with Crippen LogP contribution in [0.2, 0.25) is 0 Å². The second-order valence-electron chi connectivity index (χ2n) is 13.4. The Bertz CT molecular complexity index is 1910. The summed E-state index contributed by atoms with van der Waals surface area (Å²) in [7, 11) is -2.57. The first-order valence-electron chi connectivity index (χ1n) is 16.6. The molecular weight excluding hydrogens is 644 g/mol. The average Bonchev–Trinajstić information content (AvgIpc) is 3.68. The van der Waals surface area contributed by atoms with Crippen LogP contribution in [0, 0.1) is 11.3 Å². The normalized spacial score (nSPS) is 22.3. The quantitative estimate of drug-likeness (QED) is 0.272. The first-order chi connectivity index (χ1) is 23.3. The molecule has 2 fully saturated rings. The Morgan fingerprint density at radius 3 is 2.53 bits per heavy atom. The monoisotopic (exact) mass is 688 g/mol. The van der Waals surface area contributed by atoms with Crippen LogP contribution in [0.25, 0.3) is 11.1 Å². The van der Waals surface area contributed by atoms with E-state index in [1.165, 1.54) is 0 Å². The van der Waals surface area contributed by atoms with E-state index >= 15 is 0 Å². The van der Waals surface area contributed by atoms with Crippen LogP contribution < -0.4 is 21.0 Å². The van der Waals surface area contributed by atoms with Gasteiger partial charge in [-0.2, -0.15) is 13.9 Å². The van der Waals surface area contributed by atoms with Crippen molar-refractivity contribution >= 4 is 39.1 Å². The molecule has 3 aromatic rings. The third-order valence-electron chi connectivity index (χ3n) is 9.59. The molecule has 3 aliphatic heterocycles. The SMILES string of the molecule is CCOC1Nc2cccc(C(=O)NC)c2N1Cc1ccc(-c2ccccc2S(=O)(=O)N=C2ON[C@@H](C)C2C)c(CN2CCC(C)(C)C2=O)c1. The number of rotatable bonds is 10. The molecule has 3 aliphatic rings. The fourth-order valence-electron chi connectivity index (χ4n) is 6.56. The number of anilines is 2. The van der Waals surface area contributed by atoms with Crippen LogP contribution in [0.3, 0.4) is 0 Å². The number of nitrogens with one attached hydrogen (secondary N) is 3. The number of amides is 2. The number of para-hydroxylation sites is 1. The average molecular weight is 689 g/mol. The van der Waals surface area contributed by atoms with Crippen molar-refractivity contribution in [1.29, 1.82) is 0 Å². The molecule has 0 bridgehead atoms. The summed E-state index contributed by atoms with van der Waals surface area (Å²) in [6.45, 7) is 11.3. The zero-order valence-corrected chi connectivity index (χ0v) is 29.6. The highest BCUT2D eigenvalue weighted by Gasteiger charge is 2.39. The van der Waals surface area contributed by atoms with Crippen molar-refractivity contribution in [3.05, 3.63) is 77.4 Å². The zero-order valence-electron chi connectivity index (χ0n) is 28.7. The number of sulfonamides is 1. The van der Waals surface area contributed by atoms with E-state index < -0.39 is 21.8 Å². The maximum Gasteiger partial charge on any atom is 0.286 e. The van der Waals surface area contributed by atoms with Crippen molar-refractivity contribution in [2.75, 3.05) is 30.4 Å². The Balaban J connectivity index is 1.43. The van der Waals surface area contributed by atoms with Crippen LogP contribution in [-0.4, -0.2) is 63.6 Å². The zero-order chi connectivity index (χ0) is 35.1. The first-order valence-corrected chi connectivity index (χ1v) is 18.1. The molecule has 260 valence electrons. The number of carbonyl (C=O) groups excluding carboxylic acids is 2. The fraction of sp³-hybridized carbons (Fsp3) is 0.417. The molecule has 3 N–H and O–H groups in total. The number of benzene rings is 3. The molecule has 3 aromatic carbocycles. The second-order valence-corrected chi connectivity index (χ2v) is 15.0. The molecule has 0 spiro atoms. The Labute approximate surface area is 287 Å². The standard InChI is InChI=1S/C36H44N6O6S/c1-7-47-35-38-29-13-10-12-28(32(43)37-6)31(29)42(35)20-24-15-16-26(25(19-24)21-41-18-17-36(4,5)34(41)44)27-11-8-9-14-30(27)49(45,46)40-33-22(2)23(3)39-48-33/h8-16,19,22-23,35,38-39H,7,17-18,20-21H2,1-6H3,(H,37,43)/t22?,23-,35?/m0/s1. The van der Waals surface area contributed by atoms with Gasteiger partial charge in [0.2, 0.25) is 18.2 Å². The highest BCUT2D eigenvalue weighted by molar-refractivity contribution is 7.90. The van der Waals surface area contributed by atoms with Gasteiger partial charge in [0.15, 0.2) is 0 Å². The van der Waals surface area contributed by atoms with Gasteiger partial charge in [0.25, 0.3) is 15.9 Å². The minimum absolute atomic E-state index is 0.0456. The van der Waals surface area contributed by atoms with Gasteiger partial charge in [0.05, 0.1) is 33.8 Å². The van der Waals surface area contributed by atoms with Crippen molar-refractivity contribution in [2.45, 2.75) is 71.4 Å². The lowest BCUT2D eigenvalue weighted by Crippen LogP contribution is -2.38. The molecule has 0 radical (unpaired) electrons. The molecule has 2 saturated heterocycles. The third-order valence-corrected chi connectivity index (χ3v) is 10.9. The summed E-state index contributed by atoms with van der Waals surface area (Å²) in [6, 6.07) is 18.1. The van der Waals surface area contributed by atoms with Gasteiger partial charge < -0.3 is 30.0 Å². The maximum atomic E-state index is 13.8. The Hall–Kier alpha value is -4.46. The highest BCUT2D eigenvalue weighted by Crippen LogP contribution is 2.41. The fourth-order valence-corrected chi connectivity index (χ4v) is 7.80. The predicted molar refractivity (Wildman–Crippen MR) is 188 cm³/mol. The van der Waals surface area contributed by atoms with Gasteiger partial charge in [-0.1, -0.05) is 63.2 Å². The van der Waals surface area contributed by atoms with Crippen LogP contribution in [0.1, 0.15) is 62.5 Å². The van der Waals surface area contributed by atoms with Crippen LogP contribution in [0.5, 0.6) is 0 Å². The number of likely N-dealkylation sites (tertiary alicyclic amines) is 1. The lowest BCUT2D eigenvalue weighted by atomic mass is 9.92. The van der Waals surface area contributed by atoms with E-state index in [-0.39, 0.29) is 34.6 Å². The Morgan fingerprint density at radius 1 is 1.08 bits per heavy atom. The minimum atomic E-state index is -4.17. The van der Waals surface area contributed by atoms with E-state index in [0.29, 0.717) is 42.9 Å². The van der Waals surface area contributed by atoms with E-state index in [4.69, 9.17) is 9.57 Å². The summed E-state index contributed by atoms with van der Waals surface area (Å²) >= 11 is 0. The van der Waals surface area contributed by atoms with Crippen LogP contribution >= 0.6 is 0 Å². The number of ether oxygens (including phenoxy) is 1. The van der Waals surface area contributed by atoms with Crippen molar-refractivity contribution in [2.24, 2.45) is 15.7 Å². The van der Waals surface area contributed by atoms with Crippen LogP contribution in [-0.2, 0) is 37.5 Å². The highest BCUT2D eigenvalue weighted by atomic mass is 32.2. The van der Waals surface area contributed by atoms with Gasteiger partial charge in [-0.05, 0) is 55.2 Å². The number of hydroxylamine groups is 1. The first kappa shape index (κ1) is 34.4. The summed E-state index contributed by atoms with van der Waals surface area (Å²) in [5.74, 6) is -0.274. The lowest BCUT2D eigenvalue weighted by molar-refractivity contribution is -0.135. The van der Waals surface area contributed by atoms with Gasteiger partial charge in [0.1, 0.15) is 0 Å². The third kappa shape index (κ3) is 6.62. The summed E-state index contributed by atoms with van der Waals surface area (Å²) in [4.78, 5) is 35.6. The molecule has 12 nitrogen and oxygen atoms in total. The predicted octanol–water partition coefficient (Wildman–Crippen LogP) is 4.87. The summed E-state index contributed by atoms with van der Waals surface area (Å²) in [5, 5.41) is 6.12. The topological polar surface area (TPSA) is 142 Å². The van der Waals surface area contributed by atoms with Crippen molar-refractivity contribution in [3.8, 4) is 11.1 Å². The molecule has 13 heteroatoms. The van der Waals surface area contributed by atoms with Crippen molar-refractivity contribution < 1.29 is 27.6 Å². The molecule has 3 heterocycles. The molecule has 6 rings (SSSR count). The molecule has 2 amide bonds. The van der Waals surface area contributed by atoms with Crippen molar-refractivity contribution in [3.63, 3.8) is 0 Å². The molecular formula is C36H44N6O6S. The van der Waals surface area contributed by atoms with E-state index in [1.54, 1.807) is 37.4 Å². The second kappa shape index (κ2) is 13.4. The van der Waals surface area contributed by atoms with Gasteiger partial charge in [-0.25, -0.2) is 0 Å². The largest absolute Gasteiger partial charge is 0.392 e. The van der Waals surface area contributed by atoms with Crippen LogP contribution in [0.4, 0.5) is 11.4 Å². The van der Waals surface area contributed by atoms with E-state index in [2.05, 4.69) is 20.5 Å². The van der Waals surface area contributed by atoms with Gasteiger partial charge in [0, 0.05) is 44.3 Å². The maximum absolute atomic E-state index is 13.8. The Kier molecular flexibility index (Phi) is 9.44. The summed E-state index contributed by atoms with van der Waals surface area (Å²) < 4.78 is 37.8. The molecule has 2 unspecified atom stereocenters. The van der Waals surface area contributed by atoms with E-state index in [9.17, 15) is 18.0 Å². The lowest BCUT2D eigenvalue weighted by Gasteiger charge is -2.28. The number of carbonyl (C=O) groups is 2. The summed E-state index contributed by atoms with van der Waals surface area (Å²) in [5.41, 5.74) is 7.18. The molecule has 3 atom stereocenters. The summed E-state index contributed by atoms with van der Waals surface area (Å²) in [6.07, 6.45) is 0.208. The van der Waals surface area contributed by atoms with Gasteiger partial charge in [-0.15, -0.1) is 4.40 Å². The number of nitrogens with zero attached hydrogens (tertiary/aromatic N) is 3. The minimum Gasteiger partial charge on any atom is -0.392 e. The van der Waals surface area contributed by atoms with E-state index in [0.717, 1.165) is 28.9 Å². The number of hydrogen-bond acceptors (Lipinski definition) is 9. The molecule has 0 saturated carbocycles. The van der Waals surface area contributed by atoms with E-state index in [1.807, 2.05) is 74.8 Å². The number of hydrogen-bond donors (Lipinski definition) is 3. The Morgan fingerprint density at radius 2 is 1.86 bits per heavy atom. The van der Waals surface area contributed by atoms with Gasteiger partial charge in [-0.3, -0.25) is 9.59 Å². The number of fused-ring (bicyclic) bond motifs is 1. The molecule has 49 heavy (non-hydrogen) atoms. The molecule has 0 aromatic heterocycles. The van der Waals surface area contributed by atoms with Crippen LogP contribution in [0.15, 0.2) is 70.0 Å².